The van der Waals surface area contributed by atoms with Gasteiger partial charge in [-0.1, -0.05) is 0 Å². The largest absolute Gasteiger partial charge is 0.479 e. The number of carboxylic acids is 1. The van der Waals surface area contributed by atoms with Crippen molar-refractivity contribution in [2.45, 2.75) is 12.5 Å². The number of hydrogen-bond acceptors (Lipinski definition) is 4. The van der Waals surface area contributed by atoms with E-state index in [-0.39, 0.29) is 12.5 Å². The quantitative estimate of drug-likeness (QED) is 0.881. The van der Waals surface area contributed by atoms with E-state index in [9.17, 15) is 14.7 Å². The molecule has 2 heterocycles. The van der Waals surface area contributed by atoms with E-state index in [0.29, 0.717) is 6.54 Å². The molecule has 98 valence electrons. The number of carbonyl (C=O) groups excluding carboxylic acids is 1. The van der Waals surface area contributed by atoms with Crippen molar-refractivity contribution in [2.75, 3.05) is 27.2 Å². The number of aliphatic carboxylic acids is 1. The summed E-state index contributed by atoms with van der Waals surface area (Å²) in [6, 6.07) is 0.987. The minimum absolute atomic E-state index is 0.135. The van der Waals surface area contributed by atoms with Crippen molar-refractivity contribution in [2.24, 2.45) is 0 Å². The van der Waals surface area contributed by atoms with Crippen LogP contribution in [0.2, 0.25) is 0 Å². The van der Waals surface area contributed by atoms with Gasteiger partial charge in [0.15, 0.2) is 6.04 Å². The summed E-state index contributed by atoms with van der Waals surface area (Å²) in [6.45, 7) is 0.723. The van der Waals surface area contributed by atoms with Crippen molar-refractivity contribution in [3.8, 4) is 0 Å². The first-order chi connectivity index (χ1) is 8.50. The maximum absolute atomic E-state index is 12.1. The van der Waals surface area contributed by atoms with Gasteiger partial charge in [0.2, 0.25) is 5.91 Å². The van der Waals surface area contributed by atoms with Crippen LogP contribution in [0.5, 0.6) is 0 Å². The third-order valence-electron chi connectivity index (χ3n) is 2.97. The molecule has 1 amide bonds. The Kier molecular flexibility index (Phi) is 3.68. The highest BCUT2D eigenvalue weighted by Crippen LogP contribution is 2.33. The molecule has 0 saturated heterocycles. The van der Waals surface area contributed by atoms with Gasteiger partial charge in [-0.25, -0.2) is 4.79 Å². The summed E-state index contributed by atoms with van der Waals surface area (Å²) in [7, 11) is 3.60. The second kappa shape index (κ2) is 5.07. The number of hydrogen-bond donors (Lipinski definition) is 1. The Hall–Kier alpha value is -1.40. The fourth-order valence-electron chi connectivity index (χ4n) is 2.21. The molecular weight excluding hydrogens is 252 g/mol. The zero-order valence-corrected chi connectivity index (χ0v) is 11.2. The normalized spacial score (nSPS) is 18.8. The van der Waals surface area contributed by atoms with Crippen LogP contribution in [0, 0.1) is 0 Å². The van der Waals surface area contributed by atoms with Gasteiger partial charge < -0.3 is 14.9 Å². The zero-order valence-electron chi connectivity index (χ0n) is 10.4. The molecule has 1 atom stereocenters. The lowest BCUT2D eigenvalue weighted by atomic mass is 10.00. The molecule has 1 aliphatic heterocycles. The summed E-state index contributed by atoms with van der Waals surface area (Å²) in [6.07, 6.45) is 0.746. The molecule has 1 aromatic heterocycles. The van der Waals surface area contributed by atoms with E-state index in [1.165, 1.54) is 4.90 Å². The van der Waals surface area contributed by atoms with Crippen molar-refractivity contribution in [1.29, 1.82) is 0 Å². The van der Waals surface area contributed by atoms with Gasteiger partial charge in [0, 0.05) is 11.4 Å². The molecular formula is C12H16N2O3S. The first kappa shape index (κ1) is 13.0. The predicted molar refractivity (Wildman–Crippen MR) is 68.7 cm³/mol. The Morgan fingerprint density at radius 2 is 2.28 bits per heavy atom. The summed E-state index contributed by atoms with van der Waals surface area (Å²) in [5, 5.41) is 11.2. The first-order valence-electron chi connectivity index (χ1n) is 5.74. The van der Waals surface area contributed by atoms with Crippen LogP contribution in [-0.2, 0) is 16.0 Å². The Bertz CT molecular complexity index is 470. The Labute approximate surface area is 110 Å². The van der Waals surface area contributed by atoms with E-state index in [1.54, 1.807) is 30.3 Å². The lowest BCUT2D eigenvalue weighted by Gasteiger charge is -2.33. The van der Waals surface area contributed by atoms with Crippen molar-refractivity contribution in [3.63, 3.8) is 0 Å². The summed E-state index contributed by atoms with van der Waals surface area (Å²) >= 11 is 1.56. The lowest BCUT2D eigenvalue weighted by molar-refractivity contribution is -0.151. The number of carbonyl (C=O) groups is 2. The molecule has 2 rings (SSSR count). The van der Waals surface area contributed by atoms with Crippen LogP contribution in [0.3, 0.4) is 0 Å². The Balaban J connectivity index is 2.27. The molecule has 1 aliphatic rings. The molecule has 0 saturated carbocycles. The molecule has 0 aromatic carbocycles. The van der Waals surface area contributed by atoms with Crippen molar-refractivity contribution < 1.29 is 14.7 Å². The molecule has 1 unspecified atom stereocenters. The van der Waals surface area contributed by atoms with Gasteiger partial charge in [-0.05, 0) is 37.5 Å². The lowest BCUT2D eigenvalue weighted by Crippen LogP contribution is -2.46. The minimum atomic E-state index is -0.957. The average Bonchev–Trinajstić information content (AvgIpc) is 2.73. The average molecular weight is 268 g/mol. The summed E-state index contributed by atoms with van der Waals surface area (Å²) in [5.74, 6) is -1.09. The van der Waals surface area contributed by atoms with Crippen LogP contribution in [-0.4, -0.2) is 54.0 Å². The number of rotatable bonds is 3. The number of amides is 1. The summed E-state index contributed by atoms with van der Waals surface area (Å²) < 4.78 is 0. The number of carboxylic acid groups (broad SMARTS) is 1. The Morgan fingerprint density at radius 1 is 1.56 bits per heavy atom. The van der Waals surface area contributed by atoms with Gasteiger partial charge in [-0.2, -0.15) is 0 Å². The predicted octanol–water partition coefficient (Wildman–Crippen LogP) is 0.820. The van der Waals surface area contributed by atoms with Gasteiger partial charge in [0.1, 0.15) is 0 Å². The number of likely N-dealkylation sites (N-methyl/N-ethyl adjacent to an activating group) is 1. The van der Waals surface area contributed by atoms with Gasteiger partial charge in [0.25, 0.3) is 0 Å². The van der Waals surface area contributed by atoms with Gasteiger partial charge in [-0.3, -0.25) is 4.79 Å². The number of thiophene rings is 1. The first-order valence-corrected chi connectivity index (χ1v) is 6.62. The van der Waals surface area contributed by atoms with Crippen molar-refractivity contribution in [3.05, 3.63) is 21.9 Å². The molecule has 0 radical (unpaired) electrons. The highest BCUT2D eigenvalue weighted by Gasteiger charge is 2.36. The highest BCUT2D eigenvalue weighted by atomic mass is 32.1. The van der Waals surface area contributed by atoms with Crippen LogP contribution in [0.25, 0.3) is 0 Å². The molecule has 0 spiro atoms. The summed E-state index contributed by atoms with van der Waals surface area (Å²) in [4.78, 5) is 27.8. The summed E-state index contributed by atoms with van der Waals surface area (Å²) in [5.41, 5.74) is 0.769. The molecule has 1 aromatic rings. The van der Waals surface area contributed by atoms with Crippen LogP contribution < -0.4 is 0 Å². The second-order valence-corrected chi connectivity index (χ2v) is 5.62. The molecule has 0 aliphatic carbocycles. The zero-order chi connectivity index (χ0) is 13.3. The van der Waals surface area contributed by atoms with E-state index < -0.39 is 12.0 Å². The van der Waals surface area contributed by atoms with Gasteiger partial charge in [-0.15, -0.1) is 11.3 Å². The fourth-order valence-corrected chi connectivity index (χ4v) is 3.12. The molecule has 0 fully saturated rings. The smallest absolute Gasteiger partial charge is 0.331 e. The minimum Gasteiger partial charge on any atom is -0.479 e. The van der Waals surface area contributed by atoms with E-state index in [2.05, 4.69) is 0 Å². The van der Waals surface area contributed by atoms with E-state index >= 15 is 0 Å². The fraction of sp³-hybridized carbons (Fsp3) is 0.500. The third-order valence-corrected chi connectivity index (χ3v) is 3.97. The Morgan fingerprint density at radius 3 is 2.89 bits per heavy atom. The second-order valence-electron chi connectivity index (χ2n) is 4.61. The molecule has 6 heteroatoms. The number of nitrogens with zero attached hydrogens (tertiary/aromatic N) is 2. The molecule has 0 bridgehead atoms. The molecule has 5 nitrogen and oxygen atoms in total. The highest BCUT2D eigenvalue weighted by molar-refractivity contribution is 7.10. The van der Waals surface area contributed by atoms with E-state index in [1.807, 2.05) is 11.4 Å². The van der Waals surface area contributed by atoms with Crippen molar-refractivity contribution in [1.82, 2.24) is 9.80 Å². The maximum Gasteiger partial charge on any atom is 0.331 e. The maximum atomic E-state index is 12.1. The third kappa shape index (κ3) is 2.39. The number of fused-ring (bicyclic) bond motifs is 1. The van der Waals surface area contributed by atoms with Gasteiger partial charge in [0.05, 0.1) is 6.54 Å². The molecule has 1 N–H and O–H groups in total. The standard InChI is InChI=1S/C12H16N2O3S/c1-13(2)7-10(15)14-5-3-9-8(4-6-18-9)11(14)12(16)17/h4,6,11H,3,5,7H2,1-2H3,(H,16,17). The van der Waals surface area contributed by atoms with Gasteiger partial charge >= 0.3 is 5.97 Å². The van der Waals surface area contributed by atoms with Crippen LogP contribution in [0.15, 0.2) is 11.4 Å². The monoisotopic (exact) mass is 268 g/mol. The van der Waals surface area contributed by atoms with E-state index in [4.69, 9.17) is 0 Å². The van der Waals surface area contributed by atoms with Crippen molar-refractivity contribution >= 4 is 23.2 Å². The topological polar surface area (TPSA) is 60.9 Å². The van der Waals surface area contributed by atoms with Crippen LogP contribution in [0.1, 0.15) is 16.5 Å². The van der Waals surface area contributed by atoms with Crippen LogP contribution in [0.4, 0.5) is 0 Å². The SMILES string of the molecule is CN(C)CC(=O)N1CCc2sccc2C1C(=O)O. The van der Waals surface area contributed by atoms with Crippen LogP contribution >= 0.6 is 11.3 Å². The van der Waals surface area contributed by atoms with E-state index in [0.717, 1.165) is 16.9 Å². The molecule has 18 heavy (non-hydrogen) atoms.